The summed E-state index contributed by atoms with van der Waals surface area (Å²) < 4.78 is 138. The topological polar surface area (TPSA) is 74.6 Å². The summed E-state index contributed by atoms with van der Waals surface area (Å²) in [6.07, 6.45) is -18.9. The Labute approximate surface area is 153 Å². The van der Waals surface area contributed by atoms with Crippen LogP contribution < -0.4 is 0 Å². The van der Waals surface area contributed by atoms with Crippen molar-refractivity contribution in [2.75, 3.05) is 0 Å². The Morgan fingerprint density at radius 2 is 0.815 bits per heavy atom. The molecule has 0 aromatic heterocycles. The van der Waals surface area contributed by atoms with Gasteiger partial charge in [0.25, 0.3) is 24.4 Å². The number of halogens is 12. The molecule has 0 rings (SSSR count). The van der Waals surface area contributed by atoms with E-state index in [9.17, 15) is 62.3 Å². The SMILES string of the molecule is O=C(/C(F)=C(\O)C(F)F)C(F)(F)F.O=C(/C(F)=C(\O)C(F)F)C(F)(F)F.[Pd]. The third-order valence-electron chi connectivity index (χ3n) is 1.78. The van der Waals surface area contributed by atoms with Crippen molar-refractivity contribution in [1.82, 2.24) is 0 Å². The summed E-state index contributed by atoms with van der Waals surface area (Å²) >= 11 is 0. The number of aliphatic hydroxyl groups is 2. The van der Waals surface area contributed by atoms with Gasteiger partial charge in [0.2, 0.25) is 11.7 Å². The minimum absolute atomic E-state index is 0. The van der Waals surface area contributed by atoms with Crippen molar-refractivity contribution in [2.24, 2.45) is 0 Å². The number of carbonyl (C=O) groups excluding carboxylic acids is 2. The largest absolute Gasteiger partial charge is 0.504 e. The number of alkyl halides is 10. The van der Waals surface area contributed by atoms with Gasteiger partial charge in [-0.15, -0.1) is 0 Å². The van der Waals surface area contributed by atoms with E-state index < -0.39 is 59.9 Å². The van der Waals surface area contributed by atoms with E-state index in [1.165, 1.54) is 0 Å². The van der Waals surface area contributed by atoms with Crippen LogP contribution in [0, 0.1) is 0 Å². The third-order valence-corrected chi connectivity index (χ3v) is 1.78. The molecular weight excluding hydrogens is 519 g/mol. The normalized spacial score (nSPS) is 13.9. The van der Waals surface area contributed by atoms with Crippen LogP contribution in [0.25, 0.3) is 0 Å². The Balaban J connectivity index is -0.000000411. The van der Waals surface area contributed by atoms with Gasteiger partial charge < -0.3 is 10.2 Å². The van der Waals surface area contributed by atoms with Crippen molar-refractivity contribution in [2.45, 2.75) is 25.2 Å². The van der Waals surface area contributed by atoms with E-state index in [-0.39, 0.29) is 20.4 Å². The van der Waals surface area contributed by atoms with Gasteiger partial charge in [0, 0.05) is 20.4 Å². The number of rotatable bonds is 4. The van der Waals surface area contributed by atoms with Gasteiger partial charge >= 0.3 is 12.4 Å². The van der Waals surface area contributed by atoms with Gasteiger partial charge in [-0.3, -0.25) is 9.59 Å². The van der Waals surface area contributed by atoms with Crippen molar-refractivity contribution in [3.8, 4) is 0 Å². The van der Waals surface area contributed by atoms with Gasteiger partial charge in [0.05, 0.1) is 0 Å². The Hall–Kier alpha value is -1.76. The smallest absolute Gasteiger partial charge is 0.457 e. The minimum Gasteiger partial charge on any atom is -0.504 e. The molecule has 0 heterocycles. The molecule has 162 valence electrons. The molecule has 0 fully saturated rings. The summed E-state index contributed by atoms with van der Waals surface area (Å²) in [7, 11) is 0. The van der Waals surface area contributed by atoms with Crippen LogP contribution in [0.4, 0.5) is 52.7 Å². The Morgan fingerprint density at radius 1 is 0.630 bits per heavy atom. The first kappa shape index (κ1) is 30.0. The molecule has 2 N–H and O–H groups in total. The monoisotopic (exact) mass is 522 g/mol. The average molecular weight is 523 g/mol. The zero-order valence-electron chi connectivity index (χ0n) is 11.7. The van der Waals surface area contributed by atoms with Gasteiger partial charge in [-0.05, 0) is 0 Å². The van der Waals surface area contributed by atoms with E-state index in [1.807, 2.05) is 0 Å². The molecule has 0 radical (unpaired) electrons. The molecule has 0 aliphatic carbocycles. The first-order chi connectivity index (χ1) is 11.4. The predicted octanol–water partition coefficient (Wildman–Crippen LogP) is 4.24. The molecule has 0 bridgehead atoms. The number of hydrogen-bond donors (Lipinski definition) is 2. The zero-order valence-corrected chi connectivity index (χ0v) is 13.3. The van der Waals surface area contributed by atoms with Crippen LogP contribution in [0.3, 0.4) is 0 Å². The number of Topliss-reactive ketones (excluding diaryl/α,β-unsaturated/α-hetero) is 2. The van der Waals surface area contributed by atoms with E-state index in [0.29, 0.717) is 0 Å². The summed E-state index contributed by atoms with van der Waals surface area (Å²) in [5, 5.41) is 15.9. The minimum atomic E-state index is -5.62. The van der Waals surface area contributed by atoms with E-state index in [4.69, 9.17) is 10.2 Å². The van der Waals surface area contributed by atoms with Crippen molar-refractivity contribution in [1.29, 1.82) is 0 Å². The first-order valence-corrected chi connectivity index (χ1v) is 5.32. The summed E-state index contributed by atoms with van der Waals surface area (Å²) in [6, 6.07) is 0. The van der Waals surface area contributed by atoms with E-state index >= 15 is 0 Å². The van der Waals surface area contributed by atoms with Gasteiger partial charge in [-0.25, -0.2) is 17.6 Å². The molecule has 4 nitrogen and oxygen atoms in total. The van der Waals surface area contributed by atoms with Crippen LogP contribution in [0.2, 0.25) is 0 Å². The van der Waals surface area contributed by atoms with E-state index in [0.717, 1.165) is 0 Å². The molecule has 0 amide bonds. The van der Waals surface area contributed by atoms with Gasteiger partial charge in [0.15, 0.2) is 11.5 Å². The Kier molecular flexibility index (Phi) is 12.4. The number of aliphatic hydroxyl groups excluding tert-OH is 2. The molecule has 0 unspecified atom stereocenters. The second kappa shape index (κ2) is 11.2. The maximum absolute atomic E-state index is 12.0. The molecular formula is C10H4F12O4Pd. The molecule has 17 heteroatoms. The van der Waals surface area contributed by atoms with Crippen LogP contribution >= 0.6 is 0 Å². The Bertz CT molecular complexity index is 538. The van der Waals surface area contributed by atoms with Crippen LogP contribution in [-0.2, 0) is 30.0 Å². The second-order valence-corrected chi connectivity index (χ2v) is 3.65. The van der Waals surface area contributed by atoms with E-state index in [1.54, 1.807) is 0 Å². The number of carbonyl (C=O) groups is 2. The molecule has 0 aromatic rings. The summed E-state index contributed by atoms with van der Waals surface area (Å²) in [5.41, 5.74) is 0. The van der Waals surface area contributed by atoms with E-state index in [2.05, 4.69) is 0 Å². The van der Waals surface area contributed by atoms with Crippen molar-refractivity contribution in [3.05, 3.63) is 23.2 Å². The molecule has 0 atom stereocenters. The van der Waals surface area contributed by atoms with Crippen LogP contribution in [-0.4, -0.2) is 47.0 Å². The summed E-state index contributed by atoms with van der Waals surface area (Å²) in [6.45, 7) is 0. The quantitative estimate of drug-likeness (QED) is 0.251. The molecule has 0 aromatic carbocycles. The van der Waals surface area contributed by atoms with Gasteiger partial charge in [0.1, 0.15) is 0 Å². The summed E-state index contributed by atoms with van der Waals surface area (Å²) in [5.74, 6) is -17.1. The molecule has 0 aliphatic heterocycles. The van der Waals surface area contributed by atoms with Crippen molar-refractivity contribution < 1.29 is 92.9 Å². The maximum Gasteiger partial charge on any atom is 0.457 e. The standard InChI is InChI=1S/2C5H2F6O2.Pd/c2*6-1(2(12)4(7)8)3(13)5(9,10)11;/h2*4,12H;/b2*2-1+;. The van der Waals surface area contributed by atoms with Gasteiger partial charge in [-0.1, -0.05) is 0 Å². The van der Waals surface area contributed by atoms with Crippen molar-refractivity contribution in [3.63, 3.8) is 0 Å². The maximum atomic E-state index is 12.0. The molecule has 0 aliphatic rings. The molecule has 0 saturated heterocycles. The second-order valence-electron chi connectivity index (χ2n) is 3.65. The van der Waals surface area contributed by atoms with Crippen LogP contribution in [0.5, 0.6) is 0 Å². The fourth-order valence-corrected chi connectivity index (χ4v) is 0.673. The van der Waals surface area contributed by atoms with Gasteiger partial charge in [-0.2, -0.15) is 35.1 Å². The third kappa shape index (κ3) is 10.2. The Morgan fingerprint density at radius 3 is 0.926 bits per heavy atom. The molecule has 27 heavy (non-hydrogen) atoms. The summed E-state index contributed by atoms with van der Waals surface area (Å²) in [4.78, 5) is 19.7. The first-order valence-electron chi connectivity index (χ1n) is 5.32. The zero-order chi connectivity index (χ0) is 21.6. The number of ketones is 2. The predicted molar refractivity (Wildman–Crippen MR) is 55.7 cm³/mol. The molecule has 0 spiro atoms. The van der Waals surface area contributed by atoms with Crippen molar-refractivity contribution >= 4 is 11.6 Å². The fraction of sp³-hybridized carbons (Fsp3) is 0.400. The van der Waals surface area contributed by atoms with Crippen LogP contribution in [0.1, 0.15) is 0 Å². The number of hydrogen-bond acceptors (Lipinski definition) is 4. The molecule has 0 saturated carbocycles. The average Bonchev–Trinajstić information content (AvgIpc) is 2.48. The fourth-order valence-electron chi connectivity index (χ4n) is 0.673. The number of allylic oxidation sites excluding steroid dienone is 4. The van der Waals surface area contributed by atoms with Crippen LogP contribution in [0.15, 0.2) is 23.2 Å².